The van der Waals surface area contributed by atoms with Gasteiger partial charge >= 0.3 is 5.97 Å². The second-order valence-corrected chi connectivity index (χ2v) is 10.1. The van der Waals surface area contributed by atoms with E-state index in [1.807, 2.05) is 20.8 Å². The smallest absolute Gasteiger partial charge is 0.367 e. The number of esters is 1. The third kappa shape index (κ3) is 5.65. The van der Waals surface area contributed by atoms with Crippen molar-refractivity contribution in [2.24, 2.45) is 0 Å². The maximum absolute atomic E-state index is 14.1. The number of anilines is 1. The number of aromatic nitrogens is 2. The number of halogens is 4. The zero-order chi connectivity index (χ0) is 25.4. The Morgan fingerprint density at radius 2 is 2.03 bits per heavy atom. The summed E-state index contributed by atoms with van der Waals surface area (Å²) in [5.74, 6) is -4.60. The third-order valence-corrected chi connectivity index (χ3v) is 6.06. The Morgan fingerprint density at radius 3 is 2.56 bits per heavy atom. The van der Waals surface area contributed by atoms with Crippen LogP contribution in [0.25, 0.3) is 10.4 Å². The fraction of sp³-hybridized carbons (Fsp3) is 0.545. The maximum Gasteiger partial charge on any atom is 0.367 e. The molecule has 0 aromatic carbocycles. The van der Waals surface area contributed by atoms with Gasteiger partial charge in [-0.3, -0.25) is 4.79 Å². The molecule has 0 saturated carbocycles. The van der Waals surface area contributed by atoms with Gasteiger partial charge < -0.3 is 15.0 Å². The normalized spacial score (nSPS) is 17.8. The molecule has 1 amide bonds. The molecular formula is C22H26F4N4O3S. The van der Waals surface area contributed by atoms with Crippen LogP contribution in [0.4, 0.5) is 23.4 Å². The van der Waals surface area contributed by atoms with E-state index in [0.717, 1.165) is 17.2 Å². The largest absolute Gasteiger partial charge is 0.461 e. The number of hydrogen-bond acceptors (Lipinski definition) is 7. The molecule has 1 fully saturated rings. The summed E-state index contributed by atoms with van der Waals surface area (Å²) >= 11 is 0.685. The van der Waals surface area contributed by atoms with Crippen LogP contribution in [-0.2, 0) is 4.74 Å². The van der Waals surface area contributed by atoms with Gasteiger partial charge in [0.05, 0.1) is 18.0 Å². The number of rotatable bonds is 6. The molecule has 1 unspecified atom stereocenters. The Kier molecular flexibility index (Phi) is 7.20. The molecule has 7 nitrogen and oxygen atoms in total. The van der Waals surface area contributed by atoms with Crippen LogP contribution in [-0.4, -0.2) is 57.4 Å². The molecule has 0 radical (unpaired) electrons. The average Bonchev–Trinajstić information content (AvgIpc) is 3.26. The first-order valence-electron chi connectivity index (χ1n) is 10.7. The second kappa shape index (κ2) is 9.47. The van der Waals surface area contributed by atoms with Crippen molar-refractivity contribution in [3.05, 3.63) is 28.5 Å². The zero-order valence-electron chi connectivity index (χ0n) is 19.4. The van der Waals surface area contributed by atoms with E-state index in [-0.39, 0.29) is 33.6 Å². The molecule has 2 aromatic heterocycles. The predicted octanol–water partition coefficient (Wildman–Crippen LogP) is 5.40. The summed E-state index contributed by atoms with van der Waals surface area (Å²) in [5.41, 5.74) is -1.36. The van der Waals surface area contributed by atoms with E-state index >= 15 is 0 Å². The summed E-state index contributed by atoms with van der Waals surface area (Å²) in [5, 5.41) is 2.76. The van der Waals surface area contributed by atoms with Crippen LogP contribution in [0, 0.1) is 0 Å². The third-order valence-electron chi connectivity index (χ3n) is 4.99. The van der Waals surface area contributed by atoms with E-state index in [1.165, 1.54) is 6.92 Å². The molecule has 0 aliphatic carbocycles. The highest BCUT2D eigenvalue weighted by molar-refractivity contribution is 7.17. The number of carbonyl (C=O) groups is 2. The number of nitrogens with zero attached hydrogens (tertiary/aromatic N) is 3. The quantitative estimate of drug-likeness (QED) is 0.421. The van der Waals surface area contributed by atoms with Crippen molar-refractivity contribution in [3.63, 3.8) is 0 Å². The molecule has 12 heteroatoms. The number of carbonyl (C=O) groups excluding carboxylic acids is 2. The van der Waals surface area contributed by atoms with Crippen molar-refractivity contribution in [1.29, 1.82) is 0 Å². The highest BCUT2D eigenvalue weighted by atomic mass is 32.1. The second-order valence-electron chi connectivity index (χ2n) is 9.09. The Labute approximate surface area is 198 Å². The van der Waals surface area contributed by atoms with Gasteiger partial charge in [-0.05, 0) is 40.7 Å². The van der Waals surface area contributed by atoms with Crippen molar-refractivity contribution in [3.8, 4) is 10.4 Å². The highest BCUT2D eigenvalue weighted by Crippen LogP contribution is 2.40. The van der Waals surface area contributed by atoms with Gasteiger partial charge in [-0.1, -0.05) is 0 Å². The van der Waals surface area contributed by atoms with Gasteiger partial charge in [-0.25, -0.2) is 32.3 Å². The van der Waals surface area contributed by atoms with Crippen LogP contribution in [0.3, 0.4) is 0 Å². The van der Waals surface area contributed by atoms with Gasteiger partial charge in [0.2, 0.25) is 5.01 Å². The van der Waals surface area contributed by atoms with Gasteiger partial charge in [-0.15, -0.1) is 11.3 Å². The molecule has 0 spiro atoms. The van der Waals surface area contributed by atoms with Crippen molar-refractivity contribution in [1.82, 2.24) is 14.9 Å². The summed E-state index contributed by atoms with van der Waals surface area (Å²) in [7, 11) is 0. The first kappa shape index (κ1) is 25.9. The number of ether oxygens (including phenoxy) is 1. The molecule has 0 bridgehead atoms. The minimum absolute atomic E-state index is 0.0312. The van der Waals surface area contributed by atoms with E-state index in [0.29, 0.717) is 11.3 Å². The minimum atomic E-state index is -3.08. The summed E-state index contributed by atoms with van der Waals surface area (Å²) in [4.78, 5) is 34.6. The van der Waals surface area contributed by atoms with Crippen molar-refractivity contribution in [2.75, 3.05) is 18.5 Å². The molecule has 1 saturated heterocycles. The summed E-state index contributed by atoms with van der Waals surface area (Å²) in [6, 6.07) is 0.366. The maximum atomic E-state index is 14.1. The Balaban J connectivity index is 2.13. The zero-order valence-corrected chi connectivity index (χ0v) is 20.2. The first-order chi connectivity index (χ1) is 15.7. The highest BCUT2D eigenvalue weighted by Gasteiger charge is 2.46. The molecule has 1 atom stereocenters. The molecule has 34 heavy (non-hydrogen) atoms. The lowest BCUT2D eigenvalue weighted by atomic mass is 10.1. The molecule has 2 aromatic rings. The van der Waals surface area contributed by atoms with Crippen LogP contribution in [0.2, 0.25) is 0 Å². The molecular weight excluding hydrogens is 476 g/mol. The lowest BCUT2D eigenvalue weighted by Crippen LogP contribution is -2.35. The fourth-order valence-electron chi connectivity index (χ4n) is 3.64. The average molecular weight is 503 g/mol. The van der Waals surface area contributed by atoms with E-state index < -0.39 is 54.3 Å². The minimum Gasteiger partial charge on any atom is -0.461 e. The van der Waals surface area contributed by atoms with Crippen LogP contribution in [0.1, 0.15) is 73.3 Å². The lowest BCUT2D eigenvalue weighted by molar-refractivity contribution is 0.0117. The van der Waals surface area contributed by atoms with Crippen molar-refractivity contribution in [2.45, 2.75) is 65.0 Å². The van der Waals surface area contributed by atoms with Gasteiger partial charge in [0.15, 0.2) is 0 Å². The van der Waals surface area contributed by atoms with Crippen molar-refractivity contribution >= 4 is 29.0 Å². The molecule has 1 aliphatic rings. The van der Waals surface area contributed by atoms with E-state index in [1.54, 1.807) is 6.92 Å². The molecule has 1 N–H and O–H groups in total. The Hall–Kier alpha value is -2.76. The number of nitrogens with one attached hydrogen (secondary N) is 1. The number of hydrogen-bond donors (Lipinski definition) is 1. The number of amides is 1. The number of pyridine rings is 1. The first-order valence-corrected chi connectivity index (χ1v) is 11.5. The fourth-order valence-corrected chi connectivity index (χ4v) is 4.62. The monoisotopic (exact) mass is 502 g/mol. The molecule has 3 rings (SSSR count). The predicted molar refractivity (Wildman–Crippen MR) is 120 cm³/mol. The molecule has 3 heterocycles. The number of likely N-dealkylation sites (tertiary alicyclic amines) is 1. The molecule has 1 aliphatic heterocycles. The van der Waals surface area contributed by atoms with Crippen LogP contribution in [0.5, 0.6) is 0 Å². The van der Waals surface area contributed by atoms with Gasteiger partial charge in [0.25, 0.3) is 18.3 Å². The topological polar surface area (TPSA) is 84.4 Å². The van der Waals surface area contributed by atoms with Gasteiger partial charge in [-0.2, -0.15) is 0 Å². The standard InChI is InChI=1S/C22H26F4N4O3S/c1-6-33-20(32)18-28-15(19(31)30-10-22(25,26)8-11(30)2)16(34-18)13-9-27-14(29-21(3,4)5)7-12(13)17(23)24/h7,9,11,17H,6,8,10H2,1-5H3,(H,27,29). The van der Waals surface area contributed by atoms with E-state index in [9.17, 15) is 27.2 Å². The summed E-state index contributed by atoms with van der Waals surface area (Å²) in [6.07, 6.45) is -2.30. The van der Waals surface area contributed by atoms with Crippen molar-refractivity contribution < 1.29 is 31.9 Å². The Morgan fingerprint density at radius 1 is 1.35 bits per heavy atom. The summed E-state index contributed by atoms with van der Waals surface area (Å²) < 4.78 is 60.9. The van der Waals surface area contributed by atoms with Crippen LogP contribution in [0.15, 0.2) is 12.3 Å². The van der Waals surface area contributed by atoms with E-state index in [2.05, 4.69) is 15.3 Å². The van der Waals surface area contributed by atoms with Crippen LogP contribution >= 0.6 is 11.3 Å². The van der Waals surface area contributed by atoms with E-state index in [4.69, 9.17) is 4.74 Å². The Bertz CT molecular complexity index is 1080. The van der Waals surface area contributed by atoms with Gasteiger partial charge in [0, 0.05) is 35.3 Å². The summed E-state index contributed by atoms with van der Waals surface area (Å²) in [6.45, 7) is 7.76. The van der Waals surface area contributed by atoms with Gasteiger partial charge in [0.1, 0.15) is 11.5 Å². The lowest BCUT2D eigenvalue weighted by Gasteiger charge is -2.22. The molecule has 186 valence electrons. The SMILES string of the molecule is CCOC(=O)c1nc(C(=O)N2CC(F)(F)CC2C)c(-c2cnc(NC(C)(C)C)cc2C(F)F)s1. The van der Waals surface area contributed by atoms with Crippen LogP contribution < -0.4 is 5.32 Å². The number of alkyl halides is 4. The number of thiazole rings is 1.